The summed E-state index contributed by atoms with van der Waals surface area (Å²) in [6, 6.07) is 4.73. The van der Waals surface area contributed by atoms with E-state index in [-0.39, 0.29) is 11.2 Å². The standard InChI is InChI=1S/C17H27ClFN/c1-5-17(6-2,12-20-11-13(3)4)10-14-7-8-15(19)9-16(14)18/h7-9,13,20H,5-6,10-12H2,1-4H3. The molecule has 20 heavy (non-hydrogen) atoms. The molecular formula is C17H27ClFN. The molecule has 0 spiro atoms. The number of rotatable bonds is 8. The Morgan fingerprint density at radius 3 is 2.40 bits per heavy atom. The van der Waals surface area contributed by atoms with E-state index >= 15 is 0 Å². The first-order valence-corrected chi connectivity index (χ1v) is 7.95. The highest BCUT2D eigenvalue weighted by Crippen LogP contribution is 2.33. The van der Waals surface area contributed by atoms with E-state index in [0.29, 0.717) is 10.9 Å². The molecule has 1 rings (SSSR count). The highest BCUT2D eigenvalue weighted by molar-refractivity contribution is 6.31. The zero-order chi connectivity index (χ0) is 15.2. The van der Waals surface area contributed by atoms with Gasteiger partial charge in [0.25, 0.3) is 0 Å². The Hall–Kier alpha value is -0.600. The number of nitrogens with one attached hydrogen (secondary N) is 1. The van der Waals surface area contributed by atoms with E-state index < -0.39 is 0 Å². The molecule has 1 nitrogen and oxygen atoms in total. The lowest BCUT2D eigenvalue weighted by atomic mass is 9.76. The second-order valence-corrected chi connectivity index (χ2v) is 6.55. The van der Waals surface area contributed by atoms with Gasteiger partial charge in [-0.3, -0.25) is 0 Å². The molecule has 0 aliphatic rings. The fourth-order valence-corrected chi connectivity index (χ4v) is 2.74. The number of hydrogen-bond acceptors (Lipinski definition) is 1. The molecule has 0 saturated carbocycles. The molecule has 1 aromatic carbocycles. The van der Waals surface area contributed by atoms with E-state index in [1.807, 2.05) is 6.07 Å². The van der Waals surface area contributed by atoms with Gasteiger partial charge in [-0.1, -0.05) is 45.4 Å². The van der Waals surface area contributed by atoms with Gasteiger partial charge in [0.2, 0.25) is 0 Å². The monoisotopic (exact) mass is 299 g/mol. The fourth-order valence-electron chi connectivity index (χ4n) is 2.51. The van der Waals surface area contributed by atoms with Crippen molar-refractivity contribution in [2.75, 3.05) is 13.1 Å². The Kier molecular flexibility index (Phi) is 6.97. The van der Waals surface area contributed by atoms with Gasteiger partial charge < -0.3 is 5.32 Å². The summed E-state index contributed by atoms with van der Waals surface area (Å²) in [4.78, 5) is 0. The summed E-state index contributed by atoms with van der Waals surface area (Å²) in [5.74, 6) is 0.381. The van der Waals surface area contributed by atoms with Crippen LogP contribution in [-0.2, 0) is 6.42 Å². The molecule has 0 aliphatic carbocycles. The second-order valence-electron chi connectivity index (χ2n) is 6.14. The molecule has 114 valence electrons. The Balaban J connectivity index is 2.79. The SMILES string of the molecule is CCC(CC)(CNCC(C)C)Cc1ccc(F)cc1Cl. The molecule has 0 amide bonds. The first kappa shape index (κ1) is 17.5. The third-order valence-corrected chi connectivity index (χ3v) is 4.48. The van der Waals surface area contributed by atoms with Crippen molar-refractivity contribution in [1.29, 1.82) is 0 Å². The molecule has 1 N–H and O–H groups in total. The van der Waals surface area contributed by atoms with E-state index in [2.05, 4.69) is 33.0 Å². The van der Waals surface area contributed by atoms with Crippen LogP contribution in [0.4, 0.5) is 4.39 Å². The van der Waals surface area contributed by atoms with Crippen molar-refractivity contribution in [1.82, 2.24) is 5.32 Å². The second kappa shape index (κ2) is 7.99. The van der Waals surface area contributed by atoms with Crippen molar-refractivity contribution in [2.45, 2.75) is 47.0 Å². The fraction of sp³-hybridized carbons (Fsp3) is 0.647. The highest BCUT2D eigenvalue weighted by Gasteiger charge is 2.27. The van der Waals surface area contributed by atoms with Crippen LogP contribution in [0.2, 0.25) is 5.02 Å². The summed E-state index contributed by atoms with van der Waals surface area (Å²) in [5, 5.41) is 4.10. The van der Waals surface area contributed by atoms with Crippen LogP contribution in [0.15, 0.2) is 18.2 Å². The van der Waals surface area contributed by atoms with E-state index in [0.717, 1.165) is 37.9 Å². The minimum Gasteiger partial charge on any atom is -0.316 e. The quantitative estimate of drug-likeness (QED) is 0.706. The summed E-state index contributed by atoms with van der Waals surface area (Å²) in [6.07, 6.45) is 3.06. The third kappa shape index (κ3) is 5.06. The van der Waals surface area contributed by atoms with Crippen molar-refractivity contribution in [3.63, 3.8) is 0 Å². The summed E-state index contributed by atoms with van der Waals surface area (Å²) >= 11 is 6.17. The van der Waals surface area contributed by atoms with Crippen molar-refractivity contribution >= 4 is 11.6 Å². The maximum absolute atomic E-state index is 13.1. The maximum Gasteiger partial charge on any atom is 0.124 e. The Morgan fingerprint density at radius 2 is 1.90 bits per heavy atom. The largest absolute Gasteiger partial charge is 0.316 e. The predicted molar refractivity (Wildman–Crippen MR) is 85.8 cm³/mol. The predicted octanol–water partition coefficient (Wildman–Crippen LogP) is 5.07. The average molecular weight is 300 g/mol. The Bertz CT molecular complexity index is 413. The Labute approximate surface area is 127 Å². The first-order valence-electron chi connectivity index (χ1n) is 7.57. The third-order valence-electron chi connectivity index (χ3n) is 4.13. The van der Waals surface area contributed by atoms with Crippen LogP contribution >= 0.6 is 11.6 Å². The molecule has 0 atom stereocenters. The molecule has 0 saturated heterocycles. The number of hydrogen-bond donors (Lipinski definition) is 1. The van der Waals surface area contributed by atoms with Crippen molar-refractivity contribution < 1.29 is 4.39 Å². The summed E-state index contributed by atoms with van der Waals surface area (Å²) in [6.45, 7) is 10.9. The van der Waals surface area contributed by atoms with Gasteiger partial charge in [0.1, 0.15) is 5.82 Å². The number of halogens is 2. The highest BCUT2D eigenvalue weighted by atomic mass is 35.5. The molecule has 0 aromatic heterocycles. The van der Waals surface area contributed by atoms with Crippen molar-refractivity contribution in [3.8, 4) is 0 Å². The van der Waals surface area contributed by atoms with E-state index in [1.165, 1.54) is 12.1 Å². The minimum atomic E-state index is -0.268. The zero-order valence-corrected chi connectivity index (χ0v) is 13.9. The minimum absolute atomic E-state index is 0.191. The number of benzene rings is 1. The van der Waals surface area contributed by atoms with E-state index in [1.54, 1.807) is 0 Å². The van der Waals surface area contributed by atoms with Crippen LogP contribution in [0.25, 0.3) is 0 Å². The van der Waals surface area contributed by atoms with Crippen molar-refractivity contribution in [3.05, 3.63) is 34.6 Å². The lowest BCUT2D eigenvalue weighted by Gasteiger charge is -2.33. The molecule has 0 unspecified atom stereocenters. The van der Waals surface area contributed by atoms with Gasteiger partial charge in [0.05, 0.1) is 0 Å². The summed E-state index contributed by atoms with van der Waals surface area (Å²) < 4.78 is 13.1. The smallest absolute Gasteiger partial charge is 0.124 e. The van der Waals surface area contributed by atoms with Crippen molar-refractivity contribution in [2.24, 2.45) is 11.3 Å². The van der Waals surface area contributed by atoms with Crippen LogP contribution in [-0.4, -0.2) is 13.1 Å². The van der Waals surface area contributed by atoms with Crippen LogP contribution < -0.4 is 5.32 Å². The summed E-state index contributed by atoms with van der Waals surface area (Å²) in [7, 11) is 0. The lowest BCUT2D eigenvalue weighted by Crippen LogP contribution is -2.37. The Morgan fingerprint density at radius 1 is 1.25 bits per heavy atom. The zero-order valence-electron chi connectivity index (χ0n) is 13.1. The normalized spacial score (nSPS) is 12.2. The van der Waals surface area contributed by atoms with Crippen LogP contribution in [0.5, 0.6) is 0 Å². The van der Waals surface area contributed by atoms with Gasteiger partial charge >= 0.3 is 0 Å². The molecule has 0 fully saturated rings. The molecule has 0 radical (unpaired) electrons. The lowest BCUT2D eigenvalue weighted by molar-refractivity contribution is 0.243. The average Bonchev–Trinajstić information content (AvgIpc) is 2.40. The molecular weight excluding hydrogens is 273 g/mol. The van der Waals surface area contributed by atoms with Gasteiger partial charge in [-0.05, 0) is 54.8 Å². The first-order chi connectivity index (χ1) is 9.42. The molecule has 0 heterocycles. The summed E-state index contributed by atoms with van der Waals surface area (Å²) in [5.41, 5.74) is 1.24. The van der Waals surface area contributed by atoms with E-state index in [9.17, 15) is 4.39 Å². The van der Waals surface area contributed by atoms with Gasteiger partial charge in [0.15, 0.2) is 0 Å². The van der Waals surface area contributed by atoms with Gasteiger partial charge in [-0.15, -0.1) is 0 Å². The maximum atomic E-state index is 13.1. The molecule has 3 heteroatoms. The van der Waals surface area contributed by atoms with Crippen LogP contribution in [0.1, 0.15) is 46.1 Å². The van der Waals surface area contributed by atoms with Crippen LogP contribution in [0.3, 0.4) is 0 Å². The van der Waals surface area contributed by atoms with Gasteiger partial charge in [-0.2, -0.15) is 0 Å². The van der Waals surface area contributed by atoms with E-state index in [4.69, 9.17) is 11.6 Å². The topological polar surface area (TPSA) is 12.0 Å². The molecule has 0 aliphatic heterocycles. The van der Waals surface area contributed by atoms with Crippen LogP contribution in [0, 0.1) is 17.2 Å². The van der Waals surface area contributed by atoms with Gasteiger partial charge in [0, 0.05) is 11.6 Å². The molecule has 1 aromatic rings. The molecule has 0 bridgehead atoms. The van der Waals surface area contributed by atoms with Gasteiger partial charge in [-0.25, -0.2) is 4.39 Å².